The quantitative estimate of drug-likeness (QED) is 0.781. The predicted molar refractivity (Wildman–Crippen MR) is 69.1 cm³/mol. The van der Waals surface area contributed by atoms with Gasteiger partial charge < -0.3 is 9.52 Å². The Morgan fingerprint density at radius 1 is 1.53 bits per heavy atom. The molecule has 1 heterocycles. The molecule has 1 atom stereocenters. The summed E-state index contributed by atoms with van der Waals surface area (Å²) in [6.45, 7) is 1.77. The number of thioether (sulfide) groups is 1. The van der Waals surface area contributed by atoms with E-state index < -0.39 is 5.97 Å². The lowest BCUT2D eigenvalue weighted by Crippen LogP contribution is -2.17. The molecule has 1 aromatic rings. The van der Waals surface area contributed by atoms with Gasteiger partial charge in [-0.25, -0.2) is 0 Å². The predicted octanol–water partition coefficient (Wildman–Crippen LogP) is 1.48. The maximum Gasteiger partial charge on any atom is 0.322 e. The summed E-state index contributed by atoms with van der Waals surface area (Å²) in [6, 6.07) is 0.110. The van der Waals surface area contributed by atoms with Crippen molar-refractivity contribution in [3.8, 4) is 0 Å². The fraction of sp³-hybridized carbons (Fsp3) is 0.636. The second-order valence-corrected chi connectivity index (χ2v) is 5.91. The Morgan fingerprint density at radius 2 is 2.26 bits per heavy atom. The Balaban J connectivity index is 1.72. The lowest BCUT2D eigenvalue weighted by atomic mass is 10.3. The third-order valence-electron chi connectivity index (χ3n) is 2.57. The summed E-state index contributed by atoms with van der Waals surface area (Å²) in [4.78, 5) is 22.1. The van der Waals surface area contributed by atoms with Gasteiger partial charge >= 0.3 is 12.0 Å². The smallest absolute Gasteiger partial charge is 0.322 e. The number of hydrogen-bond donors (Lipinski definition) is 2. The van der Waals surface area contributed by atoms with Gasteiger partial charge in [0.05, 0.1) is 12.2 Å². The van der Waals surface area contributed by atoms with Crippen LogP contribution in [0.5, 0.6) is 0 Å². The molecule has 2 N–H and O–H groups in total. The molecule has 0 saturated heterocycles. The lowest BCUT2D eigenvalue weighted by molar-refractivity contribution is -0.136. The number of aliphatic carboxylic acids is 1. The molecular formula is C11H15N3O4S. The molecule has 19 heavy (non-hydrogen) atoms. The molecule has 2 rings (SSSR count). The van der Waals surface area contributed by atoms with Gasteiger partial charge in [-0.15, -0.1) is 16.9 Å². The number of amides is 1. The van der Waals surface area contributed by atoms with Gasteiger partial charge in [0.1, 0.15) is 0 Å². The number of rotatable bonds is 7. The van der Waals surface area contributed by atoms with Gasteiger partial charge in [-0.3, -0.25) is 14.9 Å². The average Bonchev–Trinajstić information content (AvgIpc) is 3.07. The van der Waals surface area contributed by atoms with Gasteiger partial charge in [-0.1, -0.05) is 12.0 Å². The first-order valence-corrected chi connectivity index (χ1v) is 7.06. The molecule has 8 heteroatoms. The van der Waals surface area contributed by atoms with Crippen molar-refractivity contribution in [2.45, 2.75) is 37.4 Å². The van der Waals surface area contributed by atoms with E-state index in [1.54, 1.807) is 6.92 Å². The standard InChI is InChI=1S/C11H15N3O4S/c1-6(4-9(16)17)19-5-8(15)12-11-14-13-10(18-11)7-2-3-7/h6-7H,2-5H2,1H3,(H,16,17)(H,12,14,15). The van der Waals surface area contributed by atoms with Crippen LogP contribution in [0, 0.1) is 0 Å². The summed E-state index contributed by atoms with van der Waals surface area (Å²) < 4.78 is 5.29. The second-order valence-electron chi connectivity index (χ2n) is 4.49. The minimum atomic E-state index is -0.869. The van der Waals surface area contributed by atoms with Gasteiger partial charge in [0, 0.05) is 11.2 Å². The van der Waals surface area contributed by atoms with E-state index in [0.29, 0.717) is 11.8 Å². The summed E-state index contributed by atoms with van der Waals surface area (Å²) in [5.74, 6) is -0.0554. The van der Waals surface area contributed by atoms with Crippen LogP contribution in [-0.4, -0.2) is 38.2 Å². The first-order chi connectivity index (χ1) is 9.04. The molecule has 0 spiro atoms. The van der Waals surface area contributed by atoms with Crippen LogP contribution in [-0.2, 0) is 9.59 Å². The maximum atomic E-state index is 11.6. The van der Waals surface area contributed by atoms with Crippen LogP contribution >= 0.6 is 11.8 Å². The van der Waals surface area contributed by atoms with Gasteiger partial charge in [-0.05, 0) is 12.8 Å². The van der Waals surface area contributed by atoms with E-state index in [2.05, 4.69) is 15.5 Å². The monoisotopic (exact) mass is 285 g/mol. The Hall–Kier alpha value is -1.57. The number of nitrogens with one attached hydrogen (secondary N) is 1. The number of anilines is 1. The highest BCUT2D eigenvalue weighted by Gasteiger charge is 2.29. The number of carbonyl (C=O) groups excluding carboxylic acids is 1. The third-order valence-corrected chi connectivity index (χ3v) is 3.74. The van der Waals surface area contributed by atoms with Crippen molar-refractivity contribution in [2.75, 3.05) is 11.1 Å². The molecule has 1 fully saturated rings. The summed E-state index contributed by atoms with van der Waals surface area (Å²) >= 11 is 1.27. The molecule has 0 aliphatic heterocycles. The summed E-state index contributed by atoms with van der Waals surface area (Å²) in [7, 11) is 0. The van der Waals surface area contributed by atoms with Crippen molar-refractivity contribution in [2.24, 2.45) is 0 Å². The molecule has 104 valence electrons. The van der Waals surface area contributed by atoms with Gasteiger partial charge in [0.25, 0.3) is 0 Å². The molecule has 0 radical (unpaired) electrons. The number of aromatic nitrogens is 2. The van der Waals surface area contributed by atoms with Crippen LogP contribution in [0.25, 0.3) is 0 Å². The number of carbonyl (C=O) groups is 2. The number of hydrogen-bond acceptors (Lipinski definition) is 6. The Bertz CT molecular complexity index is 472. The summed E-state index contributed by atoms with van der Waals surface area (Å²) in [5.41, 5.74) is 0. The zero-order valence-electron chi connectivity index (χ0n) is 10.5. The van der Waals surface area contributed by atoms with Crippen LogP contribution < -0.4 is 5.32 Å². The van der Waals surface area contributed by atoms with Crippen molar-refractivity contribution in [1.82, 2.24) is 10.2 Å². The van der Waals surface area contributed by atoms with E-state index >= 15 is 0 Å². The van der Waals surface area contributed by atoms with Crippen LogP contribution in [0.3, 0.4) is 0 Å². The molecule has 0 bridgehead atoms. The van der Waals surface area contributed by atoms with Crippen molar-refractivity contribution in [3.63, 3.8) is 0 Å². The fourth-order valence-electron chi connectivity index (χ4n) is 1.46. The number of carboxylic acids is 1. The maximum absolute atomic E-state index is 11.6. The fourth-order valence-corrected chi connectivity index (χ4v) is 2.23. The Kier molecular flexibility index (Phi) is 4.41. The van der Waals surface area contributed by atoms with Crippen LogP contribution in [0.4, 0.5) is 6.01 Å². The first-order valence-electron chi connectivity index (χ1n) is 6.01. The van der Waals surface area contributed by atoms with E-state index in [4.69, 9.17) is 9.52 Å². The largest absolute Gasteiger partial charge is 0.481 e. The highest BCUT2D eigenvalue weighted by atomic mass is 32.2. The van der Waals surface area contributed by atoms with E-state index in [-0.39, 0.29) is 29.3 Å². The number of carboxylic acid groups (broad SMARTS) is 1. The van der Waals surface area contributed by atoms with Crippen molar-refractivity contribution in [1.29, 1.82) is 0 Å². The topological polar surface area (TPSA) is 105 Å². The molecule has 1 aliphatic carbocycles. The van der Waals surface area contributed by atoms with Crippen LogP contribution in [0.2, 0.25) is 0 Å². The molecule has 1 amide bonds. The van der Waals surface area contributed by atoms with E-state index in [9.17, 15) is 9.59 Å². The third kappa shape index (κ3) is 4.55. The van der Waals surface area contributed by atoms with Crippen LogP contribution in [0.1, 0.15) is 38.0 Å². The van der Waals surface area contributed by atoms with Gasteiger partial charge in [-0.2, -0.15) is 0 Å². The van der Waals surface area contributed by atoms with Crippen molar-refractivity contribution < 1.29 is 19.1 Å². The SMILES string of the molecule is CC(CC(=O)O)SCC(=O)Nc1nnc(C2CC2)o1. The zero-order valence-corrected chi connectivity index (χ0v) is 11.3. The van der Waals surface area contributed by atoms with Gasteiger partial charge in [0.2, 0.25) is 11.8 Å². The molecule has 0 aromatic carbocycles. The van der Waals surface area contributed by atoms with E-state index in [1.807, 2.05) is 0 Å². The minimum Gasteiger partial charge on any atom is -0.481 e. The minimum absolute atomic E-state index is 0.0321. The molecule has 1 unspecified atom stereocenters. The molecule has 1 aromatic heterocycles. The lowest BCUT2D eigenvalue weighted by Gasteiger charge is -2.07. The molecular weight excluding hydrogens is 270 g/mol. The van der Waals surface area contributed by atoms with E-state index in [0.717, 1.165) is 12.8 Å². The highest BCUT2D eigenvalue weighted by Crippen LogP contribution is 2.39. The van der Waals surface area contributed by atoms with Crippen molar-refractivity contribution >= 4 is 29.7 Å². The van der Waals surface area contributed by atoms with Gasteiger partial charge in [0.15, 0.2) is 0 Å². The molecule has 7 nitrogen and oxygen atoms in total. The number of nitrogens with zero attached hydrogens (tertiary/aromatic N) is 2. The average molecular weight is 285 g/mol. The zero-order chi connectivity index (χ0) is 13.8. The summed E-state index contributed by atoms with van der Waals surface area (Å²) in [5, 5.41) is 18.6. The second kappa shape index (κ2) is 6.05. The Labute approximate surface area is 114 Å². The highest BCUT2D eigenvalue weighted by molar-refractivity contribution is 8.00. The summed E-state index contributed by atoms with van der Waals surface area (Å²) in [6.07, 6.45) is 2.14. The van der Waals surface area contributed by atoms with Crippen LogP contribution in [0.15, 0.2) is 4.42 Å². The molecule has 1 saturated carbocycles. The van der Waals surface area contributed by atoms with Crippen molar-refractivity contribution in [3.05, 3.63) is 5.89 Å². The first kappa shape index (κ1) is 13.9. The normalized spacial score (nSPS) is 16.1. The molecule has 1 aliphatic rings. The van der Waals surface area contributed by atoms with E-state index in [1.165, 1.54) is 11.8 Å². The Morgan fingerprint density at radius 3 is 2.89 bits per heavy atom.